The number of rotatable bonds is 5. The van der Waals surface area contributed by atoms with Crippen LogP contribution in [0.4, 0.5) is 17.6 Å². The molecule has 0 bridgehead atoms. The molecule has 1 amide bonds. The van der Waals surface area contributed by atoms with Crippen LogP contribution in [0.25, 0.3) is 5.69 Å². The summed E-state index contributed by atoms with van der Waals surface area (Å²) in [6.45, 7) is 3.46. The summed E-state index contributed by atoms with van der Waals surface area (Å²) in [5.41, 5.74) is -1.09. The standard InChI is InChI=1S/C22H19F4N3O2/c1-3-28(13-15-6-4-8-17(23)11-15)21(31)20-19(30)10-14(2)29(27-20)18-9-5-7-16(12-18)22(24,25)26/h4-12H,3,13H2,1-2H3. The molecular weight excluding hydrogens is 414 g/mol. The summed E-state index contributed by atoms with van der Waals surface area (Å²) in [4.78, 5) is 26.7. The molecule has 0 unspecified atom stereocenters. The summed E-state index contributed by atoms with van der Waals surface area (Å²) in [5.74, 6) is -1.15. The van der Waals surface area contributed by atoms with Crippen molar-refractivity contribution in [2.75, 3.05) is 6.54 Å². The van der Waals surface area contributed by atoms with Crippen molar-refractivity contribution in [1.82, 2.24) is 14.7 Å². The first-order valence-corrected chi connectivity index (χ1v) is 9.42. The van der Waals surface area contributed by atoms with E-state index in [2.05, 4.69) is 5.10 Å². The second-order valence-electron chi connectivity index (χ2n) is 6.91. The minimum absolute atomic E-state index is 0.0473. The van der Waals surface area contributed by atoms with Gasteiger partial charge in [-0.25, -0.2) is 9.07 Å². The molecule has 0 aliphatic heterocycles. The molecule has 1 heterocycles. The van der Waals surface area contributed by atoms with E-state index in [1.165, 1.54) is 42.2 Å². The maximum Gasteiger partial charge on any atom is 0.416 e. The largest absolute Gasteiger partial charge is 0.416 e. The molecule has 162 valence electrons. The quantitative estimate of drug-likeness (QED) is 0.562. The van der Waals surface area contributed by atoms with E-state index in [4.69, 9.17) is 0 Å². The fourth-order valence-corrected chi connectivity index (χ4v) is 3.10. The number of aryl methyl sites for hydroxylation is 1. The van der Waals surface area contributed by atoms with Gasteiger partial charge in [0.25, 0.3) is 5.91 Å². The molecule has 1 aromatic heterocycles. The average Bonchev–Trinajstić information content (AvgIpc) is 2.71. The summed E-state index contributed by atoms with van der Waals surface area (Å²) in [6.07, 6.45) is -4.55. The van der Waals surface area contributed by atoms with E-state index in [1.807, 2.05) is 0 Å². The highest BCUT2D eigenvalue weighted by Gasteiger charge is 2.31. The number of alkyl halides is 3. The van der Waals surface area contributed by atoms with Crippen molar-refractivity contribution in [3.8, 4) is 5.69 Å². The molecule has 0 saturated carbocycles. The molecule has 0 N–H and O–H groups in total. The highest BCUT2D eigenvalue weighted by atomic mass is 19.4. The van der Waals surface area contributed by atoms with Crippen molar-refractivity contribution in [1.29, 1.82) is 0 Å². The van der Waals surface area contributed by atoms with Crippen molar-refractivity contribution in [2.24, 2.45) is 0 Å². The fourth-order valence-electron chi connectivity index (χ4n) is 3.10. The number of carbonyl (C=O) groups excluding carboxylic acids is 1. The zero-order valence-electron chi connectivity index (χ0n) is 16.8. The van der Waals surface area contributed by atoms with Gasteiger partial charge in [-0.15, -0.1) is 0 Å². The molecule has 0 aliphatic rings. The number of amides is 1. The average molecular weight is 433 g/mol. The van der Waals surface area contributed by atoms with Gasteiger partial charge in [-0.05, 0) is 49.7 Å². The first kappa shape index (κ1) is 22.2. The van der Waals surface area contributed by atoms with Crippen LogP contribution < -0.4 is 5.43 Å². The third-order valence-corrected chi connectivity index (χ3v) is 4.66. The van der Waals surface area contributed by atoms with Gasteiger partial charge in [-0.3, -0.25) is 9.59 Å². The van der Waals surface area contributed by atoms with Gasteiger partial charge in [0, 0.05) is 24.8 Å². The Morgan fingerprint density at radius 1 is 1.10 bits per heavy atom. The SMILES string of the molecule is CCN(Cc1cccc(F)c1)C(=O)c1nn(-c2cccc(C(F)(F)F)c2)c(C)cc1=O. The minimum atomic E-state index is -4.55. The van der Waals surface area contributed by atoms with Gasteiger partial charge in [0.15, 0.2) is 5.69 Å². The Balaban J connectivity index is 2.00. The molecule has 0 saturated heterocycles. The van der Waals surface area contributed by atoms with Crippen LogP contribution in [-0.2, 0) is 12.7 Å². The molecule has 5 nitrogen and oxygen atoms in total. The van der Waals surface area contributed by atoms with E-state index in [0.717, 1.165) is 22.9 Å². The van der Waals surface area contributed by atoms with Gasteiger partial charge in [-0.2, -0.15) is 18.3 Å². The lowest BCUT2D eigenvalue weighted by Crippen LogP contribution is -2.36. The Bertz CT molecular complexity index is 1170. The van der Waals surface area contributed by atoms with Crippen LogP contribution >= 0.6 is 0 Å². The normalized spacial score (nSPS) is 11.4. The van der Waals surface area contributed by atoms with Crippen molar-refractivity contribution < 1.29 is 22.4 Å². The summed E-state index contributed by atoms with van der Waals surface area (Å²) >= 11 is 0. The second kappa shape index (κ2) is 8.71. The highest BCUT2D eigenvalue weighted by molar-refractivity contribution is 5.92. The highest BCUT2D eigenvalue weighted by Crippen LogP contribution is 2.30. The molecule has 3 rings (SSSR count). The van der Waals surface area contributed by atoms with E-state index < -0.39 is 34.6 Å². The number of hydrogen-bond acceptors (Lipinski definition) is 3. The maximum absolute atomic E-state index is 13.5. The summed E-state index contributed by atoms with van der Waals surface area (Å²) < 4.78 is 53.8. The monoisotopic (exact) mass is 433 g/mol. The van der Waals surface area contributed by atoms with Crippen LogP contribution in [0.15, 0.2) is 59.4 Å². The zero-order valence-corrected chi connectivity index (χ0v) is 16.8. The Labute approximate surface area is 175 Å². The van der Waals surface area contributed by atoms with Gasteiger partial charge in [-0.1, -0.05) is 18.2 Å². The number of halogens is 4. The third kappa shape index (κ3) is 4.99. The molecule has 2 aromatic carbocycles. The van der Waals surface area contributed by atoms with Crippen molar-refractivity contribution in [3.05, 3.63) is 93.2 Å². The predicted octanol–water partition coefficient (Wildman–Crippen LogP) is 4.36. The van der Waals surface area contributed by atoms with Crippen LogP contribution in [0.5, 0.6) is 0 Å². The Hall–Kier alpha value is -3.49. The Kier molecular flexibility index (Phi) is 6.24. The number of nitrogens with zero attached hydrogens (tertiary/aromatic N) is 3. The molecule has 0 aliphatic carbocycles. The Morgan fingerprint density at radius 3 is 2.45 bits per heavy atom. The fraction of sp³-hybridized carbons (Fsp3) is 0.227. The lowest BCUT2D eigenvalue weighted by molar-refractivity contribution is -0.137. The van der Waals surface area contributed by atoms with Gasteiger partial charge >= 0.3 is 6.18 Å². The topological polar surface area (TPSA) is 55.2 Å². The van der Waals surface area contributed by atoms with Crippen LogP contribution in [-0.4, -0.2) is 27.1 Å². The van der Waals surface area contributed by atoms with Gasteiger partial charge in [0.2, 0.25) is 5.43 Å². The molecule has 9 heteroatoms. The van der Waals surface area contributed by atoms with Crippen molar-refractivity contribution in [3.63, 3.8) is 0 Å². The number of aromatic nitrogens is 2. The third-order valence-electron chi connectivity index (χ3n) is 4.66. The van der Waals surface area contributed by atoms with E-state index >= 15 is 0 Å². The second-order valence-corrected chi connectivity index (χ2v) is 6.91. The minimum Gasteiger partial charge on any atom is -0.333 e. The molecule has 31 heavy (non-hydrogen) atoms. The molecule has 0 atom stereocenters. The zero-order chi connectivity index (χ0) is 22.8. The van der Waals surface area contributed by atoms with Crippen LogP contribution in [0.1, 0.15) is 34.2 Å². The van der Waals surface area contributed by atoms with E-state index in [1.54, 1.807) is 13.0 Å². The first-order valence-electron chi connectivity index (χ1n) is 9.42. The molecular formula is C22H19F4N3O2. The first-order chi connectivity index (χ1) is 14.6. The van der Waals surface area contributed by atoms with Crippen molar-refractivity contribution in [2.45, 2.75) is 26.6 Å². The van der Waals surface area contributed by atoms with Crippen molar-refractivity contribution >= 4 is 5.91 Å². The van der Waals surface area contributed by atoms with Gasteiger partial charge < -0.3 is 4.90 Å². The molecule has 0 spiro atoms. The molecule has 3 aromatic rings. The summed E-state index contributed by atoms with van der Waals surface area (Å²) in [7, 11) is 0. The maximum atomic E-state index is 13.5. The number of benzene rings is 2. The summed E-state index contributed by atoms with van der Waals surface area (Å²) in [5, 5.41) is 4.06. The number of carbonyl (C=O) groups is 1. The van der Waals surface area contributed by atoms with Crippen LogP contribution in [0.3, 0.4) is 0 Å². The van der Waals surface area contributed by atoms with E-state index in [-0.39, 0.29) is 24.5 Å². The lowest BCUT2D eigenvalue weighted by atomic mass is 10.2. The Morgan fingerprint density at radius 2 is 1.81 bits per heavy atom. The predicted molar refractivity (Wildman–Crippen MR) is 106 cm³/mol. The van der Waals surface area contributed by atoms with Crippen LogP contribution in [0, 0.1) is 12.7 Å². The number of hydrogen-bond donors (Lipinski definition) is 0. The molecule has 0 fully saturated rings. The van der Waals surface area contributed by atoms with Crippen LogP contribution in [0.2, 0.25) is 0 Å². The summed E-state index contributed by atoms with van der Waals surface area (Å²) in [6, 6.07) is 11.3. The van der Waals surface area contributed by atoms with E-state index in [0.29, 0.717) is 5.56 Å². The van der Waals surface area contributed by atoms with Gasteiger partial charge in [0.1, 0.15) is 5.82 Å². The smallest absolute Gasteiger partial charge is 0.333 e. The molecule has 0 radical (unpaired) electrons. The lowest BCUT2D eigenvalue weighted by Gasteiger charge is -2.21. The van der Waals surface area contributed by atoms with Gasteiger partial charge in [0.05, 0.1) is 11.3 Å². The van der Waals surface area contributed by atoms with E-state index in [9.17, 15) is 27.2 Å².